The van der Waals surface area contributed by atoms with Crippen molar-refractivity contribution in [2.24, 2.45) is 7.05 Å². The molecule has 0 atom stereocenters. The van der Waals surface area contributed by atoms with Crippen LogP contribution in [0.5, 0.6) is 0 Å². The van der Waals surface area contributed by atoms with Crippen molar-refractivity contribution in [2.75, 3.05) is 11.1 Å². The number of hydrogen-bond acceptors (Lipinski definition) is 3. The number of hydrogen-bond donors (Lipinski definition) is 2. The first kappa shape index (κ1) is 13.6. The standard InChI is InChI=1S/C13H15BrN4O/c1-7-5-4-6-9(10(7)14)16-13(19)12-11(15)8(2)17-18(12)3/h4-6H,15H2,1-3H3,(H,16,19). The molecule has 0 saturated carbocycles. The quantitative estimate of drug-likeness (QED) is 0.892. The average molecular weight is 323 g/mol. The Bertz CT molecular complexity index is 648. The predicted octanol–water partition coefficient (Wildman–Crippen LogP) is 2.63. The van der Waals surface area contributed by atoms with Crippen molar-refractivity contribution in [1.29, 1.82) is 0 Å². The fourth-order valence-electron chi connectivity index (χ4n) is 1.87. The summed E-state index contributed by atoms with van der Waals surface area (Å²) in [5.41, 5.74) is 9.05. The highest BCUT2D eigenvalue weighted by Crippen LogP contribution is 2.27. The molecule has 0 radical (unpaired) electrons. The van der Waals surface area contributed by atoms with Crippen molar-refractivity contribution in [3.8, 4) is 0 Å². The Balaban J connectivity index is 2.34. The highest BCUT2D eigenvalue weighted by atomic mass is 79.9. The van der Waals surface area contributed by atoms with Crippen molar-refractivity contribution in [1.82, 2.24) is 9.78 Å². The second-order valence-electron chi connectivity index (χ2n) is 4.36. The number of nitrogen functional groups attached to an aromatic ring is 1. The van der Waals surface area contributed by atoms with Crippen molar-refractivity contribution in [3.05, 3.63) is 39.6 Å². The van der Waals surface area contributed by atoms with Crippen molar-refractivity contribution in [2.45, 2.75) is 13.8 Å². The summed E-state index contributed by atoms with van der Waals surface area (Å²) < 4.78 is 2.35. The molecule has 0 bridgehead atoms. The van der Waals surface area contributed by atoms with Crippen LogP contribution in [0, 0.1) is 13.8 Å². The van der Waals surface area contributed by atoms with Crippen LogP contribution in [0.25, 0.3) is 0 Å². The number of carbonyl (C=O) groups excluding carboxylic acids is 1. The Hall–Kier alpha value is -1.82. The topological polar surface area (TPSA) is 72.9 Å². The summed E-state index contributed by atoms with van der Waals surface area (Å²) in [5.74, 6) is -0.271. The molecule has 1 heterocycles. The van der Waals surface area contributed by atoms with Crippen LogP contribution >= 0.6 is 15.9 Å². The summed E-state index contributed by atoms with van der Waals surface area (Å²) in [7, 11) is 1.70. The van der Waals surface area contributed by atoms with E-state index < -0.39 is 0 Å². The van der Waals surface area contributed by atoms with Crippen LogP contribution in [0.2, 0.25) is 0 Å². The van der Waals surface area contributed by atoms with Crippen LogP contribution in [0.4, 0.5) is 11.4 Å². The zero-order valence-corrected chi connectivity index (χ0v) is 12.6. The minimum absolute atomic E-state index is 0.271. The number of halogens is 1. The van der Waals surface area contributed by atoms with E-state index in [0.29, 0.717) is 22.8 Å². The second kappa shape index (κ2) is 5.05. The smallest absolute Gasteiger partial charge is 0.276 e. The summed E-state index contributed by atoms with van der Waals surface area (Å²) in [6, 6.07) is 5.67. The van der Waals surface area contributed by atoms with Gasteiger partial charge in [0, 0.05) is 11.5 Å². The molecule has 0 aliphatic heterocycles. The molecule has 0 fully saturated rings. The normalized spacial score (nSPS) is 10.5. The SMILES string of the molecule is Cc1cccc(NC(=O)c2c(N)c(C)nn2C)c1Br. The molecule has 19 heavy (non-hydrogen) atoms. The molecular weight excluding hydrogens is 308 g/mol. The molecule has 6 heteroatoms. The number of nitrogens with one attached hydrogen (secondary N) is 1. The molecule has 1 aromatic heterocycles. The second-order valence-corrected chi connectivity index (χ2v) is 5.15. The van der Waals surface area contributed by atoms with E-state index in [2.05, 4.69) is 26.3 Å². The van der Waals surface area contributed by atoms with Gasteiger partial charge in [-0.1, -0.05) is 12.1 Å². The summed E-state index contributed by atoms with van der Waals surface area (Å²) in [6.07, 6.45) is 0. The van der Waals surface area contributed by atoms with Gasteiger partial charge in [-0.05, 0) is 41.4 Å². The Morgan fingerprint density at radius 1 is 1.42 bits per heavy atom. The average Bonchev–Trinajstić information content (AvgIpc) is 2.59. The predicted molar refractivity (Wildman–Crippen MR) is 79.2 cm³/mol. The zero-order valence-electron chi connectivity index (χ0n) is 11.0. The van der Waals surface area contributed by atoms with Gasteiger partial charge in [-0.2, -0.15) is 5.10 Å². The summed E-state index contributed by atoms with van der Waals surface area (Å²) in [5, 5.41) is 6.97. The van der Waals surface area contributed by atoms with E-state index in [0.717, 1.165) is 10.0 Å². The Morgan fingerprint density at radius 2 is 2.11 bits per heavy atom. The number of amides is 1. The van der Waals surface area contributed by atoms with Crippen LogP contribution in [-0.2, 0) is 7.05 Å². The van der Waals surface area contributed by atoms with Crippen LogP contribution in [-0.4, -0.2) is 15.7 Å². The number of aromatic nitrogens is 2. The molecule has 1 amide bonds. The van der Waals surface area contributed by atoms with Gasteiger partial charge >= 0.3 is 0 Å². The van der Waals surface area contributed by atoms with Crippen molar-refractivity contribution >= 4 is 33.2 Å². The molecule has 0 saturated heterocycles. The number of nitrogens with zero attached hydrogens (tertiary/aromatic N) is 2. The lowest BCUT2D eigenvalue weighted by molar-refractivity contribution is 0.101. The largest absolute Gasteiger partial charge is 0.395 e. The van der Waals surface area contributed by atoms with Gasteiger partial charge in [-0.15, -0.1) is 0 Å². The molecule has 0 aliphatic rings. The lowest BCUT2D eigenvalue weighted by Gasteiger charge is -2.09. The first-order valence-corrected chi connectivity index (χ1v) is 6.56. The molecule has 3 N–H and O–H groups in total. The highest BCUT2D eigenvalue weighted by molar-refractivity contribution is 9.10. The Kier molecular flexibility index (Phi) is 3.61. The molecule has 100 valence electrons. The van der Waals surface area contributed by atoms with Crippen LogP contribution in [0.15, 0.2) is 22.7 Å². The number of nitrogens with two attached hydrogens (primary N) is 1. The summed E-state index contributed by atoms with van der Waals surface area (Å²) in [4.78, 5) is 12.3. The number of anilines is 2. The molecule has 5 nitrogen and oxygen atoms in total. The maximum absolute atomic E-state index is 12.3. The van der Waals surface area contributed by atoms with E-state index in [1.807, 2.05) is 25.1 Å². The highest BCUT2D eigenvalue weighted by Gasteiger charge is 2.18. The lowest BCUT2D eigenvalue weighted by atomic mass is 10.2. The number of rotatable bonds is 2. The van der Waals surface area contributed by atoms with E-state index in [9.17, 15) is 4.79 Å². The van der Waals surface area contributed by atoms with Gasteiger partial charge in [0.1, 0.15) is 5.69 Å². The third-order valence-corrected chi connectivity index (χ3v) is 3.98. The van der Waals surface area contributed by atoms with Crippen LogP contribution < -0.4 is 11.1 Å². The Morgan fingerprint density at radius 3 is 2.68 bits per heavy atom. The van der Waals surface area contributed by atoms with Gasteiger partial charge < -0.3 is 11.1 Å². The van der Waals surface area contributed by atoms with Gasteiger partial charge in [-0.25, -0.2) is 0 Å². The van der Waals surface area contributed by atoms with Crippen molar-refractivity contribution < 1.29 is 4.79 Å². The maximum atomic E-state index is 12.3. The molecule has 0 spiro atoms. The summed E-state index contributed by atoms with van der Waals surface area (Å²) in [6.45, 7) is 3.73. The number of benzene rings is 1. The summed E-state index contributed by atoms with van der Waals surface area (Å²) >= 11 is 3.46. The fraction of sp³-hybridized carbons (Fsp3) is 0.231. The first-order valence-electron chi connectivity index (χ1n) is 5.77. The monoisotopic (exact) mass is 322 g/mol. The molecule has 1 aromatic carbocycles. The van der Waals surface area contributed by atoms with E-state index in [-0.39, 0.29) is 5.91 Å². The minimum Gasteiger partial charge on any atom is -0.395 e. The van der Waals surface area contributed by atoms with E-state index in [1.54, 1.807) is 14.0 Å². The van der Waals surface area contributed by atoms with Gasteiger partial charge in [-0.3, -0.25) is 9.48 Å². The third kappa shape index (κ3) is 2.49. The number of aryl methyl sites for hydroxylation is 3. The van der Waals surface area contributed by atoms with Crippen LogP contribution in [0.3, 0.4) is 0 Å². The van der Waals surface area contributed by atoms with Crippen molar-refractivity contribution in [3.63, 3.8) is 0 Å². The van der Waals surface area contributed by atoms with Gasteiger partial charge in [0.25, 0.3) is 5.91 Å². The maximum Gasteiger partial charge on any atom is 0.276 e. The van der Waals surface area contributed by atoms with E-state index >= 15 is 0 Å². The number of carbonyl (C=O) groups is 1. The Labute approximate surface area is 119 Å². The van der Waals surface area contributed by atoms with Crippen LogP contribution in [0.1, 0.15) is 21.7 Å². The van der Waals surface area contributed by atoms with Gasteiger partial charge in [0.2, 0.25) is 0 Å². The first-order chi connectivity index (χ1) is 8.91. The fourth-order valence-corrected chi connectivity index (χ4v) is 2.23. The van der Waals surface area contributed by atoms with E-state index in [4.69, 9.17) is 5.73 Å². The molecule has 0 unspecified atom stereocenters. The van der Waals surface area contributed by atoms with E-state index in [1.165, 1.54) is 4.68 Å². The van der Waals surface area contributed by atoms with Gasteiger partial charge in [0.05, 0.1) is 17.1 Å². The zero-order chi connectivity index (χ0) is 14.2. The minimum atomic E-state index is -0.271. The lowest BCUT2D eigenvalue weighted by Crippen LogP contribution is -2.18. The molecule has 2 rings (SSSR count). The van der Waals surface area contributed by atoms with Gasteiger partial charge in [0.15, 0.2) is 0 Å². The molecule has 0 aliphatic carbocycles. The third-order valence-electron chi connectivity index (χ3n) is 2.92. The molecular formula is C13H15BrN4O. The molecule has 2 aromatic rings.